The van der Waals surface area contributed by atoms with Gasteiger partial charge < -0.3 is 24.4 Å². The lowest BCUT2D eigenvalue weighted by atomic mass is 10.2. The molecule has 0 bridgehead atoms. The highest BCUT2D eigenvalue weighted by molar-refractivity contribution is 5.63. The van der Waals surface area contributed by atoms with E-state index < -0.39 is 0 Å². The molecule has 1 N–H and O–H groups in total. The summed E-state index contributed by atoms with van der Waals surface area (Å²) in [5.74, 6) is 2.98. The predicted molar refractivity (Wildman–Crippen MR) is 87.9 cm³/mol. The minimum atomic E-state index is 0.667. The lowest BCUT2D eigenvalue weighted by molar-refractivity contribution is 0.122. The molecule has 0 amide bonds. The smallest absolute Gasteiger partial charge is 0.162 e. The molecule has 1 aromatic heterocycles. The van der Waals surface area contributed by atoms with E-state index in [0.29, 0.717) is 11.5 Å². The minimum absolute atomic E-state index is 0.667. The van der Waals surface area contributed by atoms with Gasteiger partial charge in [0.05, 0.1) is 27.4 Å². The van der Waals surface area contributed by atoms with E-state index in [4.69, 9.17) is 14.2 Å². The second-order valence-corrected chi connectivity index (χ2v) is 5.06. The fraction of sp³-hybridized carbons (Fsp3) is 0.375. The third-order valence-corrected chi connectivity index (χ3v) is 3.64. The molecule has 1 saturated heterocycles. The number of morpholine rings is 1. The maximum Gasteiger partial charge on any atom is 0.162 e. The van der Waals surface area contributed by atoms with Crippen LogP contribution in [0.2, 0.25) is 0 Å². The SMILES string of the molecule is COc1ccc(Nc2cc(N3CCOCC3)ncn2)cc1OC. The number of benzene rings is 1. The highest BCUT2D eigenvalue weighted by atomic mass is 16.5. The molecule has 2 heterocycles. The number of anilines is 3. The van der Waals surface area contributed by atoms with Crippen LogP contribution in [0.1, 0.15) is 0 Å². The molecule has 2 aromatic rings. The highest BCUT2D eigenvalue weighted by Crippen LogP contribution is 2.31. The summed E-state index contributed by atoms with van der Waals surface area (Å²) < 4.78 is 15.9. The molecule has 0 saturated carbocycles. The highest BCUT2D eigenvalue weighted by Gasteiger charge is 2.13. The zero-order valence-electron chi connectivity index (χ0n) is 13.3. The van der Waals surface area contributed by atoms with Crippen LogP contribution in [0, 0.1) is 0 Å². The van der Waals surface area contributed by atoms with E-state index >= 15 is 0 Å². The van der Waals surface area contributed by atoms with Gasteiger partial charge in [0, 0.05) is 30.9 Å². The normalized spacial score (nSPS) is 14.4. The zero-order chi connectivity index (χ0) is 16.1. The summed E-state index contributed by atoms with van der Waals surface area (Å²) >= 11 is 0. The molecule has 0 unspecified atom stereocenters. The standard InChI is InChI=1S/C16H20N4O3/c1-21-13-4-3-12(9-14(13)22-2)19-15-10-16(18-11-17-15)20-5-7-23-8-6-20/h3-4,9-11H,5-8H2,1-2H3,(H,17,18,19). The first-order valence-corrected chi connectivity index (χ1v) is 7.44. The number of methoxy groups -OCH3 is 2. The first-order valence-electron chi connectivity index (χ1n) is 7.44. The maximum atomic E-state index is 5.37. The largest absolute Gasteiger partial charge is 0.493 e. The average molecular weight is 316 g/mol. The van der Waals surface area contributed by atoms with Crippen molar-refractivity contribution in [1.82, 2.24) is 9.97 Å². The number of rotatable bonds is 5. The first kappa shape index (κ1) is 15.4. The van der Waals surface area contributed by atoms with Crippen LogP contribution in [0.4, 0.5) is 17.3 Å². The molecule has 0 atom stereocenters. The van der Waals surface area contributed by atoms with Crippen molar-refractivity contribution in [3.63, 3.8) is 0 Å². The second-order valence-electron chi connectivity index (χ2n) is 5.06. The first-order chi connectivity index (χ1) is 11.3. The van der Waals surface area contributed by atoms with Gasteiger partial charge in [0.2, 0.25) is 0 Å². The molecule has 1 fully saturated rings. The Morgan fingerprint density at radius 2 is 1.83 bits per heavy atom. The van der Waals surface area contributed by atoms with Crippen molar-refractivity contribution in [2.45, 2.75) is 0 Å². The van der Waals surface area contributed by atoms with Crippen LogP contribution >= 0.6 is 0 Å². The fourth-order valence-corrected chi connectivity index (χ4v) is 2.44. The number of ether oxygens (including phenoxy) is 3. The summed E-state index contributed by atoms with van der Waals surface area (Å²) in [5, 5.41) is 3.26. The van der Waals surface area contributed by atoms with Crippen LogP contribution < -0.4 is 19.7 Å². The Bertz CT molecular complexity index is 660. The summed E-state index contributed by atoms with van der Waals surface area (Å²) in [5.41, 5.74) is 0.870. The van der Waals surface area contributed by atoms with Gasteiger partial charge >= 0.3 is 0 Å². The molecule has 1 aliphatic heterocycles. The van der Waals surface area contributed by atoms with E-state index in [1.54, 1.807) is 20.5 Å². The van der Waals surface area contributed by atoms with Crippen molar-refractivity contribution >= 4 is 17.3 Å². The number of nitrogens with zero attached hydrogens (tertiary/aromatic N) is 3. The molecule has 1 aliphatic rings. The van der Waals surface area contributed by atoms with Crippen LogP contribution in [0.3, 0.4) is 0 Å². The van der Waals surface area contributed by atoms with Crippen molar-refractivity contribution in [3.05, 3.63) is 30.6 Å². The van der Waals surface area contributed by atoms with Gasteiger partial charge in [-0.1, -0.05) is 0 Å². The Balaban J connectivity index is 1.77. The summed E-state index contributed by atoms with van der Waals surface area (Å²) in [4.78, 5) is 10.8. The summed E-state index contributed by atoms with van der Waals surface area (Å²) in [6, 6.07) is 7.57. The molecule has 122 valence electrons. The zero-order valence-corrected chi connectivity index (χ0v) is 13.3. The van der Waals surface area contributed by atoms with Gasteiger partial charge in [0.15, 0.2) is 11.5 Å². The Kier molecular flexibility index (Phi) is 4.77. The number of aromatic nitrogens is 2. The predicted octanol–water partition coefficient (Wildman–Crippen LogP) is 2.07. The Hall–Kier alpha value is -2.54. The van der Waals surface area contributed by atoms with Crippen molar-refractivity contribution in [2.75, 3.05) is 50.7 Å². The fourth-order valence-electron chi connectivity index (χ4n) is 2.44. The lowest BCUT2D eigenvalue weighted by Crippen LogP contribution is -2.36. The summed E-state index contributed by atoms with van der Waals surface area (Å²) in [6.45, 7) is 3.13. The molecule has 0 radical (unpaired) electrons. The lowest BCUT2D eigenvalue weighted by Gasteiger charge is -2.27. The van der Waals surface area contributed by atoms with Gasteiger partial charge in [-0.2, -0.15) is 0 Å². The van der Waals surface area contributed by atoms with E-state index in [-0.39, 0.29) is 0 Å². The van der Waals surface area contributed by atoms with Gasteiger partial charge in [-0.05, 0) is 12.1 Å². The Labute approximate surface area is 135 Å². The van der Waals surface area contributed by atoms with Crippen molar-refractivity contribution < 1.29 is 14.2 Å². The minimum Gasteiger partial charge on any atom is -0.493 e. The second kappa shape index (κ2) is 7.15. The van der Waals surface area contributed by atoms with Gasteiger partial charge in [-0.15, -0.1) is 0 Å². The van der Waals surface area contributed by atoms with Gasteiger partial charge in [-0.3, -0.25) is 0 Å². The van der Waals surface area contributed by atoms with Crippen molar-refractivity contribution in [1.29, 1.82) is 0 Å². The Morgan fingerprint density at radius 1 is 1.04 bits per heavy atom. The average Bonchev–Trinajstić information content (AvgIpc) is 2.62. The van der Waals surface area contributed by atoms with Crippen LogP contribution in [0.5, 0.6) is 11.5 Å². The van der Waals surface area contributed by atoms with E-state index in [1.807, 2.05) is 24.3 Å². The van der Waals surface area contributed by atoms with Gasteiger partial charge in [-0.25, -0.2) is 9.97 Å². The van der Waals surface area contributed by atoms with Crippen LogP contribution in [-0.4, -0.2) is 50.5 Å². The molecular weight excluding hydrogens is 296 g/mol. The molecular formula is C16H20N4O3. The molecule has 7 nitrogen and oxygen atoms in total. The van der Waals surface area contributed by atoms with Crippen LogP contribution in [0.25, 0.3) is 0 Å². The van der Waals surface area contributed by atoms with E-state index in [1.165, 1.54) is 0 Å². The number of nitrogens with one attached hydrogen (secondary N) is 1. The van der Waals surface area contributed by atoms with Gasteiger partial charge in [0.25, 0.3) is 0 Å². The topological polar surface area (TPSA) is 68.7 Å². The van der Waals surface area contributed by atoms with E-state index in [2.05, 4.69) is 20.2 Å². The third kappa shape index (κ3) is 3.62. The van der Waals surface area contributed by atoms with E-state index in [9.17, 15) is 0 Å². The van der Waals surface area contributed by atoms with Crippen molar-refractivity contribution in [2.24, 2.45) is 0 Å². The quantitative estimate of drug-likeness (QED) is 0.905. The molecule has 3 rings (SSSR count). The number of hydrogen-bond acceptors (Lipinski definition) is 7. The number of hydrogen-bond donors (Lipinski definition) is 1. The summed E-state index contributed by atoms with van der Waals surface area (Å²) in [6.07, 6.45) is 1.56. The maximum absolute atomic E-state index is 5.37. The molecule has 7 heteroatoms. The van der Waals surface area contributed by atoms with Crippen LogP contribution in [0.15, 0.2) is 30.6 Å². The van der Waals surface area contributed by atoms with E-state index in [0.717, 1.165) is 43.6 Å². The molecule has 23 heavy (non-hydrogen) atoms. The molecule has 0 spiro atoms. The monoisotopic (exact) mass is 316 g/mol. The summed E-state index contributed by atoms with van der Waals surface area (Å²) in [7, 11) is 3.23. The molecule has 0 aliphatic carbocycles. The van der Waals surface area contributed by atoms with Crippen LogP contribution in [-0.2, 0) is 4.74 Å². The Morgan fingerprint density at radius 3 is 2.57 bits per heavy atom. The molecule has 1 aromatic carbocycles. The van der Waals surface area contributed by atoms with Gasteiger partial charge in [0.1, 0.15) is 18.0 Å². The third-order valence-electron chi connectivity index (χ3n) is 3.64. The van der Waals surface area contributed by atoms with Crippen molar-refractivity contribution in [3.8, 4) is 11.5 Å².